The van der Waals surface area contributed by atoms with Crippen LogP contribution in [0.4, 0.5) is 0 Å². The number of nitrogens with zero attached hydrogens (tertiary/aromatic N) is 1. The summed E-state index contributed by atoms with van der Waals surface area (Å²) in [5.74, 6) is 0.568. The molecule has 0 saturated heterocycles. The molecule has 0 fully saturated rings. The fourth-order valence-electron chi connectivity index (χ4n) is 4.31. The average Bonchev–Trinajstić information content (AvgIpc) is 2.84. The summed E-state index contributed by atoms with van der Waals surface area (Å²) >= 11 is 0. The van der Waals surface area contributed by atoms with Crippen LogP contribution in [0.2, 0.25) is 0 Å². The second kappa shape index (κ2) is 16.4. The Bertz CT molecular complexity index is 817. The van der Waals surface area contributed by atoms with Gasteiger partial charge in [-0.2, -0.15) is 0 Å². The van der Waals surface area contributed by atoms with Crippen molar-refractivity contribution in [2.45, 2.75) is 97.3 Å². The molecule has 0 aliphatic rings. The first kappa shape index (κ1) is 28.9. The van der Waals surface area contributed by atoms with Gasteiger partial charge in [-0.1, -0.05) is 94.8 Å². The van der Waals surface area contributed by atoms with E-state index in [4.69, 9.17) is 9.47 Å². The lowest BCUT2D eigenvalue weighted by atomic mass is 10.0. The van der Waals surface area contributed by atoms with Gasteiger partial charge in [-0.15, -0.1) is 0 Å². The smallest absolute Gasteiger partial charge is 0.314 e. The Morgan fingerprint density at radius 2 is 1.46 bits per heavy atom. The van der Waals surface area contributed by atoms with E-state index in [1.54, 1.807) is 0 Å². The molecule has 0 aromatic heterocycles. The molecular weight excluding hydrogens is 434 g/mol. The highest BCUT2D eigenvalue weighted by Crippen LogP contribution is 2.19. The monoisotopic (exact) mass is 482 g/mol. The summed E-state index contributed by atoms with van der Waals surface area (Å²) in [5.41, 5.74) is 2.61. The van der Waals surface area contributed by atoms with Gasteiger partial charge in [-0.3, -0.25) is 4.79 Å². The molecule has 2 rings (SSSR count). The normalized spacial score (nSPS) is 12.3. The van der Waals surface area contributed by atoms with Crippen LogP contribution in [0.25, 0.3) is 0 Å². The molecule has 1 atom stereocenters. The molecule has 0 amide bonds. The first-order valence-corrected chi connectivity index (χ1v) is 13.7. The number of unbranched alkanes of at least 4 members (excludes halogenated alkanes) is 6. The van der Waals surface area contributed by atoms with Crippen LogP contribution in [0.1, 0.15) is 89.2 Å². The van der Waals surface area contributed by atoms with E-state index in [9.17, 15) is 4.79 Å². The Hall–Kier alpha value is -2.33. The minimum Gasteiger partial charge on any atom is -0.455 e. The van der Waals surface area contributed by atoms with Crippen LogP contribution < -0.4 is 4.74 Å². The minimum atomic E-state index is -0.536. The predicted octanol–water partition coefficient (Wildman–Crippen LogP) is 7.69. The minimum absolute atomic E-state index is 0.196. The molecule has 0 aliphatic heterocycles. The van der Waals surface area contributed by atoms with Crippen LogP contribution in [0.3, 0.4) is 0 Å². The number of carbonyl (C=O) groups excluding carboxylic acids is 1. The van der Waals surface area contributed by atoms with Crippen LogP contribution in [-0.4, -0.2) is 37.4 Å². The van der Waals surface area contributed by atoms with Crippen molar-refractivity contribution in [3.8, 4) is 5.75 Å². The molecule has 2 aromatic rings. The van der Waals surface area contributed by atoms with Gasteiger partial charge in [0.15, 0.2) is 0 Å². The predicted molar refractivity (Wildman–Crippen MR) is 145 cm³/mol. The summed E-state index contributed by atoms with van der Waals surface area (Å²) in [7, 11) is 4.29. The third-order valence-corrected chi connectivity index (χ3v) is 6.42. The molecule has 0 radical (unpaired) electrons. The van der Waals surface area contributed by atoms with Crippen molar-refractivity contribution < 1.29 is 18.8 Å². The van der Waals surface area contributed by atoms with Crippen molar-refractivity contribution in [2.75, 3.05) is 20.6 Å². The van der Waals surface area contributed by atoms with Crippen molar-refractivity contribution >= 4 is 5.97 Å². The highest BCUT2D eigenvalue weighted by atomic mass is 16.7. The summed E-state index contributed by atoms with van der Waals surface area (Å²) in [5, 5.41) is 0. The summed E-state index contributed by atoms with van der Waals surface area (Å²) in [6, 6.07) is 18.7. The topological polar surface area (TPSA) is 35.5 Å². The van der Waals surface area contributed by atoms with Crippen LogP contribution in [0.5, 0.6) is 5.75 Å². The maximum absolute atomic E-state index is 12.6. The number of aryl methyl sites for hydroxylation is 1. The van der Waals surface area contributed by atoms with Gasteiger partial charge in [0.1, 0.15) is 12.3 Å². The molecule has 0 aliphatic carbocycles. The van der Waals surface area contributed by atoms with Gasteiger partial charge < -0.3 is 14.0 Å². The number of ether oxygens (including phenoxy) is 2. The number of hydrogen-bond acceptors (Lipinski definition) is 3. The van der Waals surface area contributed by atoms with Gasteiger partial charge in [-0.05, 0) is 37.0 Å². The van der Waals surface area contributed by atoms with Crippen molar-refractivity contribution in [3.63, 3.8) is 0 Å². The number of benzene rings is 2. The third kappa shape index (κ3) is 12.8. The Balaban J connectivity index is 1.74. The SMILES string of the molecule is CCCCCCCCCc1ccc(OC(CCC)OC(=O)CC[N+](C)(C)Cc2ccccc2)cc1. The van der Waals surface area contributed by atoms with Crippen molar-refractivity contribution in [2.24, 2.45) is 0 Å². The molecule has 0 bridgehead atoms. The summed E-state index contributed by atoms with van der Waals surface area (Å²) in [6.45, 7) is 5.94. The van der Waals surface area contributed by atoms with Crippen LogP contribution >= 0.6 is 0 Å². The van der Waals surface area contributed by atoms with E-state index >= 15 is 0 Å². The van der Waals surface area contributed by atoms with Gasteiger partial charge in [0.05, 0.1) is 27.1 Å². The fraction of sp³-hybridized carbons (Fsp3) is 0.581. The van der Waals surface area contributed by atoms with E-state index in [1.807, 2.05) is 18.2 Å². The molecular formula is C31H48NO3+. The van der Waals surface area contributed by atoms with Gasteiger partial charge in [0, 0.05) is 12.0 Å². The average molecular weight is 483 g/mol. The maximum Gasteiger partial charge on any atom is 0.314 e. The molecule has 194 valence electrons. The second-order valence-electron chi connectivity index (χ2n) is 10.4. The second-order valence-corrected chi connectivity index (χ2v) is 10.4. The maximum atomic E-state index is 12.6. The molecule has 35 heavy (non-hydrogen) atoms. The lowest BCUT2D eigenvalue weighted by molar-refractivity contribution is -0.903. The molecule has 0 heterocycles. The van der Waals surface area contributed by atoms with Crippen molar-refractivity contribution in [1.82, 2.24) is 0 Å². The number of rotatable bonds is 18. The highest BCUT2D eigenvalue weighted by molar-refractivity contribution is 5.69. The molecule has 2 aromatic carbocycles. The molecule has 0 saturated carbocycles. The largest absolute Gasteiger partial charge is 0.455 e. The Labute approximate surface area is 214 Å². The van der Waals surface area contributed by atoms with Crippen LogP contribution in [0, 0.1) is 0 Å². The Morgan fingerprint density at radius 3 is 2.11 bits per heavy atom. The van der Waals surface area contributed by atoms with Gasteiger partial charge in [0.2, 0.25) is 6.29 Å². The number of quaternary nitrogens is 1. The molecule has 0 N–H and O–H groups in total. The Morgan fingerprint density at radius 1 is 0.800 bits per heavy atom. The van der Waals surface area contributed by atoms with Gasteiger partial charge in [-0.25, -0.2) is 0 Å². The number of esters is 1. The van der Waals surface area contributed by atoms with E-state index in [-0.39, 0.29) is 5.97 Å². The molecule has 1 unspecified atom stereocenters. The quantitative estimate of drug-likeness (QED) is 0.0945. The summed E-state index contributed by atoms with van der Waals surface area (Å²) in [6.07, 6.45) is 11.8. The first-order chi connectivity index (χ1) is 16.9. The summed E-state index contributed by atoms with van der Waals surface area (Å²) < 4.78 is 12.5. The van der Waals surface area contributed by atoms with Gasteiger partial charge >= 0.3 is 5.97 Å². The fourth-order valence-corrected chi connectivity index (χ4v) is 4.31. The number of carbonyl (C=O) groups is 1. The highest BCUT2D eigenvalue weighted by Gasteiger charge is 2.21. The zero-order chi connectivity index (χ0) is 25.4. The van der Waals surface area contributed by atoms with E-state index in [0.717, 1.165) is 36.2 Å². The van der Waals surface area contributed by atoms with E-state index < -0.39 is 6.29 Å². The standard InChI is InChI=1S/C31H48NO3/c1-5-7-8-9-10-11-13-17-27-20-22-29(23-21-27)34-31(16-6-2)35-30(33)24-25-32(3,4)26-28-18-14-12-15-19-28/h12,14-15,18-23,31H,5-11,13,16-17,24-26H2,1-4H3/q+1. The zero-order valence-corrected chi connectivity index (χ0v) is 22.6. The zero-order valence-electron chi connectivity index (χ0n) is 22.6. The van der Waals surface area contributed by atoms with E-state index in [0.29, 0.717) is 12.8 Å². The first-order valence-electron chi connectivity index (χ1n) is 13.7. The van der Waals surface area contributed by atoms with Crippen molar-refractivity contribution in [1.29, 1.82) is 0 Å². The summed E-state index contributed by atoms with van der Waals surface area (Å²) in [4.78, 5) is 12.6. The molecule has 4 nitrogen and oxygen atoms in total. The van der Waals surface area contributed by atoms with Gasteiger partial charge in [0.25, 0.3) is 0 Å². The van der Waals surface area contributed by atoms with E-state index in [1.165, 1.54) is 56.1 Å². The molecule has 0 spiro atoms. The third-order valence-electron chi connectivity index (χ3n) is 6.42. The lowest BCUT2D eigenvalue weighted by Gasteiger charge is -2.30. The van der Waals surface area contributed by atoms with E-state index in [2.05, 4.69) is 64.3 Å². The van der Waals surface area contributed by atoms with Crippen molar-refractivity contribution in [3.05, 3.63) is 65.7 Å². The molecule has 4 heteroatoms. The lowest BCUT2D eigenvalue weighted by Crippen LogP contribution is -2.41. The number of hydrogen-bond donors (Lipinski definition) is 0. The van der Waals surface area contributed by atoms with Crippen LogP contribution in [0.15, 0.2) is 54.6 Å². The Kier molecular flexibility index (Phi) is 13.5. The van der Waals surface area contributed by atoms with Crippen LogP contribution in [-0.2, 0) is 22.5 Å².